The number of carbonyl (C=O) groups is 1. The van der Waals surface area contributed by atoms with Crippen molar-refractivity contribution in [2.24, 2.45) is 0 Å². The predicted molar refractivity (Wildman–Crippen MR) is 137 cm³/mol. The zero-order valence-corrected chi connectivity index (χ0v) is 21.2. The van der Waals surface area contributed by atoms with Crippen LogP contribution in [0.1, 0.15) is 27.7 Å². The molecule has 2 heterocycles. The second kappa shape index (κ2) is 10.7. The number of carbonyl (C=O) groups excluding carboxylic acids is 1. The molecule has 5 nitrogen and oxygen atoms in total. The van der Waals surface area contributed by atoms with E-state index in [1.807, 2.05) is 49.3 Å². The summed E-state index contributed by atoms with van der Waals surface area (Å²) in [5.41, 5.74) is 1.31. The largest absolute Gasteiger partial charge is 0.418 e. The summed E-state index contributed by atoms with van der Waals surface area (Å²) >= 11 is 3.41. The third-order valence-electron chi connectivity index (χ3n) is 5.64. The monoisotopic (exact) mass is 556 g/mol. The topological polar surface area (TPSA) is 50.2 Å². The van der Waals surface area contributed by atoms with Crippen LogP contribution in [-0.4, -0.2) is 41.0 Å². The van der Waals surface area contributed by atoms with Crippen molar-refractivity contribution >= 4 is 21.8 Å². The third-order valence-corrected chi connectivity index (χ3v) is 6.17. The van der Waals surface area contributed by atoms with Gasteiger partial charge in [0, 0.05) is 28.5 Å². The summed E-state index contributed by atoms with van der Waals surface area (Å²) in [4.78, 5) is 18.9. The molecule has 2 aromatic carbocycles. The Labute approximate surface area is 215 Å². The van der Waals surface area contributed by atoms with Crippen LogP contribution in [0, 0.1) is 0 Å². The molecule has 0 aliphatic heterocycles. The highest BCUT2D eigenvalue weighted by Gasteiger charge is 2.35. The molecule has 2 aromatic heterocycles. The first kappa shape index (κ1) is 25.7. The molecule has 4 aromatic rings. The van der Waals surface area contributed by atoms with Crippen molar-refractivity contribution in [3.8, 4) is 16.9 Å². The molecule has 1 amide bonds. The number of rotatable bonds is 7. The number of aromatic nitrogens is 2. The highest BCUT2D eigenvalue weighted by atomic mass is 79.9. The maximum absolute atomic E-state index is 14.1. The van der Waals surface area contributed by atoms with Gasteiger partial charge in [-0.3, -0.25) is 9.78 Å². The van der Waals surface area contributed by atoms with Crippen LogP contribution >= 0.6 is 15.9 Å². The second-order valence-electron chi connectivity index (χ2n) is 8.53. The lowest BCUT2D eigenvalue weighted by Crippen LogP contribution is -2.36. The standard InChI is InChI=1S/C27H24BrF3N4O/c1-34(2)17-22(33-26(36)19-6-4-3-5-7-19)24-13-12-23(18-8-10-20(28)11-9-18)35(24)25-16-32-15-14-21(25)27(29,30)31/h3-16,22H,17H2,1-2H3,(H,33,36). The fourth-order valence-corrected chi connectivity index (χ4v) is 4.32. The van der Waals surface area contributed by atoms with E-state index in [-0.39, 0.29) is 11.6 Å². The van der Waals surface area contributed by atoms with Crippen molar-refractivity contribution < 1.29 is 18.0 Å². The molecule has 0 saturated heterocycles. The van der Waals surface area contributed by atoms with Crippen LogP contribution in [0.4, 0.5) is 13.2 Å². The lowest BCUT2D eigenvalue weighted by molar-refractivity contribution is -0.137. The summed E-state index contributed by atoms with van der Waals surface area (Å²) in [5.74, 6) is -0.317. The van der Waals surface area contributed by atoms with Crippen LogP contribution in [-0.2, 0) is 6.18 Å². The predicted octanol–water partition coefficient (Wildman–Crippen LogP) is 6.35. The number of halogens is 4. The lowest BCUT2D eigenvalue weighted by Gasteiger charge is -2.26. The molecule has 1 unspecified atom stereocenters. The first-order valence-corrected chi connectivity index (χ1v) is 11.9. The number of pyridine rings is 1. The maximum atomic E-state index is 14.1. The van der Waals surface area contributed by atoms with Crippen LogP contribution in [0.2, 0.25) is 0 Å². The van der Waals surface area contributed by atoms with Gasteiger partial charge in [-0.25, -0.2) is 0 Å². The molecule has 0 radical (unpaired) electrons. The molecular weight excluding hydrogens is 533 g/mol. The van der Waals surface area contributed by atoms with Gasteiger partial charge in [0.1, 0.15) is 0 Å². The van der Waals surface area contributed by atoms with Gasteiger partial charge in [-0.2, -0.15) is 13.2 Å². The summed E-state index contributed by atoms with van der Waals surface area (Å²) < 4.78 is 44.6. The summed E-state index contributed by atoms with van der Waals surface area (Å²) in [6.07, 6.45) is -2.26. The Morgan fingerprint density at radius 2 is 1.72 bits per heavy atom. The highest BCUT2D eigenvalue weighted by Crippen LogP contribution is 2.38. The zero-order chi connectivity index (χ0) is 25.9. The van der Waals surface area contributed by atoms with Gasteiger partial charge < -0.3 is 14.8 Å². The Kier molecular flexibility index (Phi) is 7.61. The average Bonchev–Trinajstić information content (AvgIpc) is 3.29. The van der Waals surface area contributed by atoms with Gasteiger partial charge >= 0.3 is 6.18 Å². The van der Waals surface area contributed by atoms with E-state index in [2.05, 4.69) is 26.2 Å². The molecule has 0 spiro atoms. The first-order valence-electron chi connectivity index (χ1n) is 11.1. The van der Waals surface area contributed by atoms with Gasteiger partial charge in [0.25, 0.3) is 5.91 Å². The molecule has 0 aliphatic rings. The SMILES string of the molecule is CN(C)CC(NC(=O)c1ccccc1)c1ccc(-c2ccc(Br)cc2)n1-c1cnccc1C(F)(F)F. The number of benzene rings is 2. The van der Waals surface area contributed by atoms with Crippen LogP contribution in [0.3, 0.4) is 0 Å². The average molecular weight is 557 g/mol. The van der Waals surface area contributed by atoms with E-state index in [1.165, 1.54) is 6.20 Å². The normalized spacial score (nSPS) is 12.5. The summed E-state index contributed by atoms with van der Waals surface area (Å²) in [6, 6.07) is 19.9. The fraction of sp³-hybridized carbons (Fsp3) is 0.185. The van der Waals surface area contributed by atoms with Crippen LogP contribution in [0.15, 0.2) is 89.7 Å². The Bertz CT molecular complexity index is 1340. The minimum Gasteiger partial charge on any atom is -0.342 e. The molecule has 0 fully saturated rings. The van der Waals surface area contributed by atoms with E-state index in [1.54, 1.807) is 41.0 Å². The number of amides is 1. The van der Waals surface area contributed by atoms with Crippen molar-refractivity contribution in [3.05, 3.63) is 106 Å². The van der Waals surface area contributed by atoms with Crippen LogP contribution in [0.5, 0.6) is 0 Å². The number of alkyl halides is 3. The molecule has 1 atom stereocenters. The second-order valence-corrected chi connectivity index (χ2v) is 9.45. The minimum absolute atomic E-state index is 0.111. The summed E-state index contributed by atoms with van der Waals surface area (Å²) in [5, 5.41) is 3.01. The first-order chi connectivity index (χ1) is 17.1. The quantitative estimate of drug-likeness (QED) is 0.288. The number of hydrogen-bond acceptors (Lipinski definition) is 3. The third kappa shape index (κ3) is 5.68. The van der Waals surface area contributed by atoms with Crippen LogP contribution < -0.4 is 5.32 Å². The molecule has 0 saturated carbocycles. The van der Waals surface area contributed by atoms with Crippen molar-refractivity contribution in [2.45, 2.75) is 12.2 Å². The van der Waals surface area contributed by atoms with E-state index in [9.17, 15) is 18.0 Å². The van der Waals surface area contributed by atoms with Crippen molar-refractivity contribution in [1.82, 2.24) is 19.8 Å². The molecule has 9 heteroatoms. The molecule has 186 valence electrons. The molecule has 36 heavy (non-hydrogen) atoms. The molecule has 1 N–H and O–H groups in total. The minimum atomic E-state index is -4.60. The van der Waals surface area contributed by atoms with Crippen molar-refractivity contribution in [2.75, 3.05) is 20.6 Å². The Balaban J connectivity index is 1.90. The van der Waals surface area contributed by atoms with Gasteiger partial charge in [0.15, 0.2) is 0 Å². The maximum Gasteiger partial charge on any atom is 0.418 e. The van der Waals surface area contributed by atoms with Crippen molar-refractivity contribution in [1.29, 1.82) is 0 Å². The number of likely N-dealkylation sites (N-methyl/N-ethyl adjacent to an activating group) is 1. The summed E-state index contributed by atoms with van der Waals surface area (Å²) in [7, 11) is 3.69. The summed E-state index contributed by atoms with van der Waals surface area (Å²) in [6.45, 7) is 0.365. The Morgan fingerprint density at radius 3 is 2.36 bits per heavy atom. The molecular formula is C27H24BrF3N4O. The van der Waals surface area contributed by atoms with Gasteiger partial charge in [-0.05, 0) is 62.1 Å². The number of hydrogen-bond donors (Lipinski definition) is 1. The van der Waals surface area contributed by atoms with E-state index in [0.29, 0.717) is 23.5 Å². The zero-order valence-electron chi connectivity index (χ0n) is 19.6. The van der Waals surface area contributed by atoms with Crippen LogP contribution in [0.25, 0.3) is 16.9 Å². The number of nitrogens with one attached hydrogen (secondary N) is 1. The van der Waals surface area contributed by atoms with Gasteiger partial charge in [-0.1, -0.05) is 46.3 Å². The fourth-order valence-electron chi connectivity index (χ4n) is 4.05. The van der Waals surface area contributed by atoms with Gasteiger partial charge in [0.05, 0.1) is 29.2 Å². The van der Waals surface area contributed by atoms with Crippen molar-refractivity contribution in [3.63, 3.8) is 0 Å². The van der Waals surface area contributed by atoms with Gasteiger partial charge in [-0.15, -0.1) is 0 Å². The van der Waals surface area contributed by atoms with E-state index in [0.717, 1.165) is 22.3 Å². The molecule has 0 aliphatic carbocycles. The smallest absolute Gasteiger partial charge is 0.342 e. The Morgan fingerprint density at radius 1 is 1.03 bits per heavy atom. The lowest BCUT2D eigenvalue weighted by atomic mass is 10.1. The van der Waals surface area contributed by atoms with E-state index >= 15 is 0 Å². The molecule has 4 rings (SSSR count). The Hall–Kier alpha value is -3.43. The highest BCUT2D eigenvalue weighted by molar-refractivity contribution is 9.10. The number of nitrogens with zero attached hydrogens (tertiary/aromatic N) is 3. The molecule has 0 bridgehead atoms. The van der Waals surface area contributed by atoms with E-state index < -0.39 is 17.8 Å². The van der Waals surface area contributed by atoms with E-state index in [4.69, 9.17) is 0 Å². The van der Waals surface area contributed by atoms with Gasteiger partial charge in [0.2, 0.25) is 0 Å².